The van der Waals surface area contributed by atoms with Crippen molar-refractivity contribution in [2.75, 3.05) is 16.8 Å². The molecule has 0 aliphatic heterocycles. The number of thioether (sulfide) groups is 1. The first kappa shape index (κ1) is 17.0. The smallest absolute Gasteiger partial charge is 0.326 e. The zero-order valence-electron chi connectivity index (χ0n) is 11.7. The Morgan fingerprint density at radius 1 is 1.38 bits per heavy atom. The van der Waals surface area contributed by atoms with Crippen LogP contribution in [0.3, 0.4) is 0 Å². The molecule has 114 valence electrons. The maximum atomic E-state index is 11.7. The number of carbonyl (C=O) groups is 3. The van der Waals surface area contributed by atoms with Crippen LogP contribution in [0.2, 0.25) is 0 Å². The lowest BCUT2D eigenvalue weighted by Crippen LogP contribution is -2.36. The summed E-state index contributed by atoms with van der Waals surface area (Å²) in [6.07, 6.45) is 0.644. The first-order chi connectivity index (χ1) is 10.0. The number of hydrogen-bond donors (Lipinski definition) is 3. The van der Waals surface area contributed by atoms with E-state index in [1.54, 1.807) is 0 Å². The number of carbonyl (C=O) groups excluding carboxylic acids is 2. The Labute approximate surface area is 127 Å². The number of benzene rings is 1. The maximum absolute atomic E-state index is 11.7. The molecule has 0 aliphatic rings. The van der Waals surface area contributed by atoms with Gasteiger partial charge in [-0.1, -0.05) is 18.2 Å². The molecule has 0 fully saturated rings. The second-order valence-electron chi connectivity index (χ2n) is 4.38. The fourth-order valence-electron chi connectivity index (χ4n) is 1.63. The molecule has 0 saturated heterocycles. The normalized spacial score (nSPS) is 11.5. The number of nitrogens with one attached hydrogen (secondary N) is 2. The summed E-state index contributed by atoms with van der Waals surface area (Å²) in [5, 5.41) is 13.9. The molecular formula is C14H18N2O4S. The minimum atomic E-state index is -1.08. The standard InChI is InChI=1S/C14H18N2O4S/c1-10-4-2-3-5-11(10)16-13(18)8-21-7-6-12(14(19)20)15-9-17/h2-5,9,12H,6-8H2,1H3,(H,15,17)(H,16,18)(H,19,20). The van der Waals surface area contributed by atoms with Gasteiger partial charge >= 0.3 is 5.97 Å². The highest BCUT2D eigenvalue weighted by Crippen LogP contribution is 2.14. The highest BCUT2D eigenvalue weighted by atomic mass is 32.2. The van der Waals surface area contributed by atoms with Gasteiger partial charge in [0.25, 0.3) is 0 Å². The lowest BCUT2D eigenvalue weighted by Gasteiger charge is -2.11. The van der Waals surface area contributed by atoms with Crippen molar-refractivity contribution in [3.8, 4) is 0 Å². The molecule has 0 spiro atoms. The Bertz CT molecular complexity index is 508. The highest BCUT2D eigenvalue weighted by Gasteiger charge is 2.15. The van der Waals surface area contributed by atoms with Crippen LogP contribution in [0.1, 0.15) is 12.0 Å². The van der Waals surface area contributed by atoms with E-state index in [0.717, 1.165) is 11.3 Å². The highest BCUT2D eigenvalue weighted by molar-refractivity contribution is 7.99. The molecule has 0 heterocycles. The van der Waals surface area contributed by atoms with Crippen molar-refractivity contribution in [2.45, 2.75) is 19.4 Å². The monoisotopic (exact) mass is 310 g/mol. The first-order valence-corrected chi connectivity index (χ1v) is 7.55. The van der Waals surface area contributed by atoms with E-state index in [1.807, 2.05) is 31.2 Å². The van der Waals surface area contributed by atoms with E-state index in [1.165, 1.54) is 11.8 Å². The van der Waals surface area contributed by atoms with Gasteiger partial charge in [0.1, 0.15) is 6.04 Å². The Hall–Kier alpha value is -2.02. The number of aryl methyl sites for hydroxylation is 1. The topological polar surface area (TPSA) is 95.5 Å². The van der Waals surface area contributed by atoms with Crippen molar-refractivity contribution >= 4 is 35.7 Å². The van der Waals surface area contributed by atoms with Gasteiger partial charge in [-0.3, -0.25) is 9.59 Å². The second-order valence-corrected chi connectivity index (χ2v) is 5.48. The average molecular weight is 310 g/mol. The van der Waals surface area contributed by atoms with E-state index in [-0.39, 0.29) is 18.1 Å². The number of amides is 2. The molecule has 0 radical (unpaired) electrons. The van der Waals surface area contributed by atoms with Crippen molar-refractivity contribution in [3.05, 3.63) is 29.8 Å². The van der Waals surface area contributed by atoms with Gasteiger partial charge in [-0.2, -0.15) is 11.8 Å². The van der Waals surface area contributed by atoms with Gasteiger partial charge in [-0.05, 0) is 30.7 Å². The van der Waals surface area contributed by atoms with Gasteiger partial charge in [0, 0.05) is 5.69 Å². The number of rotatable bonds is 9. The molecule has 2 amide bonds. The first-order valence-electron chi connectivity index (χ1n) is 6.40. The van der Waals surface area contributed by atoms with Crippen molar-refractivity contribution in [3.63, 3.8) is 0 Å². The number of carboxylic acids is 1. The lowest BCUT2D eigenvalue weighted by molar-refractivity contribution is -0.140. The Balaban J connectivity index is 2.29. The van der Waals surface area contributed by atoms with Crippen molar-refractivity contribution in [1.82, 2.24) is 5.32 Å². The van der Waals surface area contributed by atoms with Crippen molar-refractivity contribution in [1.29, 1.82) is 0 Å². The fourth-order valence-corrected chi connectivity index (χ4v) is 2.43. The molecule has 3 N–H and O–H groups in total. The molecule has 21 heavy (non-hydrogen) atoms. The zero-order valence-corrected chi connectivity index (χ0v) is 12.5. The van der Waals surface area contributed by atoms with Crippen LogP contribution in [0, 0.1) is 6.92 Å². The summed E-state index contributed by atoms with van der Waals surface area (Å²) >= 11 is 1.33. The summed E-state index contributed by atoms with van der Waals surface area (Å²) in [5.74, 6) is -0.502. The van der Waals surface area contributed by atoms with Crippen LogP contribution in [0.25, 0.3) is 0 Å². The summed E-state index contributed by atoms with van der Waals surface area (Å²) in [4.78, 5) is 32.8. The second kappa shape index (κ2) is 9.02. The molecule has 0 aliphatic carbocycles. The third kappa shape index (κ3) is 6.31. The van der Waals surface area contributed by atoms with E-state index in [2.05, 4.69) is 10.6 Å². The van der Waals surface area contributed by atoms with E-state index >= 15 is 0 Å². The maximum Gasteiger partial charge on any atom is 0.326 e. The number of anilines is 1. The Morgan fingerprint density at radius 3 is 2.71 bits per heavy atom. The molecule has 6 nitrogen and oxygen atoms in total. The molecule has 1 unspecified atom stereocenters. The Morgan fingerprint density at radius 2 is 2.10 bits per heavy atom. The minimum Gasteiger partial charge on any atom is -0.480 e. The van der Waals surface area contributed by atoms with Crippen LogP contribution in [0.4, 0.5) is 5.69 Å². The van der Waals surface area contributed by atoms with Gasteiger partial charge in [0.15, 0.2) is 0 Å². The van der Waals surface area contributed by atoms with Crippen LogP contribution >= 0.6 is 11.8 Å². The van der Waals surface area contributed by atoms with E-state index in [9.17, 15) is 14.4 Å². The zero-order chi connectivity index (χ0) is 15.7. The van der Waals surface area contributed by atoms with Gasteiger partial charge < -0.3 is 15.7 Å². The van der Waals surface area contributed by atoms with Gasteiger partial charge in [-0.15, -0.1) is 0 Å². The number of para-hydroxylation sites is 1. The van der Waals surface area contributed by atoms with Gasteiger partial charge in [0.2, 0.25) is 12.3 Å². The molecule has 1 atom stereocenters. The van der Waals surface area contributed by atoms with E-state index in [4.69, 9.17) is 5.11 Å². The number of hydrogen-bond acceptors (Lipinski definition) is 4. The molecule has 0 bridgehead atoms. The van der Waals surface area contributed by atoms with Gasteiger partial charge in [-0.25, -0.2) is 4.79 Å². The number of aliphatic carboxylic acids is 1. The fraction of sp³-hybridized carbons (Fsp3) is 0.357. The van der Waals surface area contributed by atoms with Crippen LogP contribution in [0.5, 0.6) is 0 Å². The third-order valence-electron chi connectivity index (χ3n) is 2.77. The molecule has 1 aromatic rings. The van der Waals surface area contributed by atoms with E-state index < -0.39 is 12.0 Å². The molecule has 1 rings (SSSR count). The molecule has 7 heteroatoms. The molecule has 0 aromatic heterocycles. The summed E-state index contributed by atoms with van der Waals surface area (Å²) in [6.45, 7) is 1.91. The minimum absolute atomic E-state index is 0.135. The van der Waals surface area contributed by atoms with Crippen molar-refractivity contribution < 1.29 is 19.5 Å². The summed E-state index contributed by atoms with van der Waals surface area (Å²) in [7, 11) is 0. The summed E-state index contributed by atoms with van der Waals surface area (Å²) in [5.41, 5.74) is 1.76. The Kier molecular flexibility index (Phi) is 7.31. The van der Waals surface area contributed by atoms with Crippen LogP contribution in [-0.4, -0.2) is 40.9 Å². The quantitative estimate of drug-likeness (QED) is 0.471. The van der Waals surface area contributed by atoms with Crippen LogP contribution < -0.4 is 10.6 Å². The summed E-state index contributed by atoms with van der Waals surface area (Å²) in [6, 6.07) is 6.57. The average Bonchev–Trinajstić information content (AvgIpc) is 2.44. The molecule has 0 saturated carbocycles. The largest absolute Gasteiger partial charge is 0.480 e. The predicted octanol–water partition coefficient (Wildman–Crippen LogP) is 1.26. The predicted molar refractivity (Wildman–Crippen MR) is 82.4 cm³/mol. The summed E-state index contributed by atoms with van der Waals surface area (Å²) < 4.78 is 0. The van der Waals surface area contributed by atoms with Gasteiger partial charge in [0.05, 0.1) is 5.75 Å². The molecule has 1 aromatic carbocycles. The number of carboxylic acid groups (broad SMARTS) is 1. The van der Waals surface area contributed by atoms with Crippen LogP contribution in [0.15, 0.2) is 24.3 Å². The lowest BCUT2D eigenvalue weighted by atomic mass is 10.2. The van der Waals surface area contributed by atoms with Crippen molar-refractivity contribution in [2.24, 2.45) is 0 Å². The molecular weight excluding hydrogens is 292 g/mol. The third-order valence-corrected chi connectivity index (χ3v) is 3.76. The van der Waals surface area contributed by atoms with Crippen LogP contribution in [-0.2, 0) is 14.4 Å². The SMILES string of the molecule is Cc1ccccc1NC(=O)CSCCC(NC=O)C(=O)O. The van der Waals surface area contributed by atoms with E-state index in [0.29, 0.717) is 12.2 Å².